The first-order chi connectivity index (χ1) is 18.6. The molecule has 2 aliphatic rings. The number of ether oxygens (including phenoxy) is 2. The molecule has 0 saturated carbocycles. The first-order valence-electron chi connectivity index (χ1n) is 13.4. The van der Waals surface area contributed by atoms with Gasteiger partial charge in [0.2, 0.25) is 0 Å². The fourth-order valence-corrected chi connectivity index (χ4v) is 4.82. The van der Waals surface area contributed by atoms with Crippen LogP contribution in [0.4, 0.5) is 21.1 Å². The van der Waals surface area contributed by atoms with E-state index in [-0.39, 0.29) is 18.5 Å². The monoisotopic (exact) mass is 535 g/mol. The molecule has 0 radical (unpaired) electrons. The lowest BCUT2D eigenvalue weighted by Crippen LogP contribution is -2.47. The normalized spacial score (nSPS) is 19.1. The van der Waals surface area contributed by atoms with Crippen LogP contribution in [-0.4, -0.2) is 71.5 Å². The maximum Gasteiger partial charge on any atom is 0.410 e. The van der Waals surface area contributed by atoms with Crippen LogP contribution in [0.5, 0.6) is 0 Å². The number of nitriles is 1. The van der Waals surface area contributed by atoms with Crippen LogP contribution in [0.25, 0.3) is 11.4 Å². The Morgan fingerprint density at radius 2 is 1.95 bits per heavy atom. The van der Waals surface area contributed by atoms with E-state index in [1.165, 1.54) is 0 Å². The smallest absolute Gasteiger partial charge is 0.410 e. The number of nitrogens with zero attached hydrogens (tertiary/aromatic N) is 5. The summed E-state index contributed by atoms with van der Waals surface area (Å²) in [6.45, 7) is 12.2. The molecule has 1 aromatic carbocycles. The van der Waals surface area contributed by atoms with Crippen molar-refractivity contribution < 1.29 is 19.1 Å². The van der Waals surface area contributed by atoms with E-state index in [4.69, 9.17) is 19.4 Å². The topological polar surface area (TPSA) is 133 Å². The van der Waals surface area contributed by atoms with Gasteiger partial charge in [-0.3, -0.25) is 4.90 Å². The van der Waals surface area contributed by atoms with E-state index >= 15 is 0 Å². The number of amides is 3. The molecule has 11 nitrogen and oxygen atoms in total. The third-order valence-corrected chi connectivity index (χ3v) is 6.60. The summed E-state index contributed by atoms with van der Waals surface area (Å²) < 4.78 is 11.3. The summed E-state index contributed by atoms with van der Waals surface area (Å²) in [4.78, 5) is 38.9. The third-order valence-electron chi connectivity index (χ3n) is 6.60. The van der Waals surface area contributed by atoms with Gasteiger partial charge in [-0.2, -0.15) is 5.26 Å². The van der Waals surface area contributed by atoms with E-state index in [2.05, 4.69) is 28.5 Å². The van der Waals surface area contributed by atoms with E-state index in [1.54, 1.807) is 17.0 Å². The highest BCUT2D eigenvalue weighted by Gasteiger charge is 2.38. The minimum absolute atomic E-state index is 0.0796. The van der Waals surface area contributed by atoms with Crippen molar-refractivity contribution >= 4 is 23.6 Å². The fourth-order valence-electron chi connectivity index (χ4n) is 4.82. The van der Waals surface area contributed by atoms with E-state index in [9.17, 15) is 14.9 Å². The molecule has 2 aromatic rings. The average Bonchev–Trinajstić information content (AvgIpc) is 2.88. The van der Waals surface area contributed by atoms with Crippen LogP contribution >= 0.6 is 0 Å². The molecule has 1 saturated heterocycles. The largest absolute Gasteiger partial charge is 0.444 e. The minimum atomic E-state index is -0.663. The molecule has 2 aliphatic heterocycles. The maximum atomic E-state index is 13.2. The number of rotatable bonds is 5. The van der Waals surface area contributed by atoms with Crippen molar-refractivity contribution in [2.45, 2.75) is 65.1 Å². The van der Waals surface area contributed by atoms with Gasteiger partial charge in [-0.05, 0) is 65.3 Å². The Morgan fingerprint density at radius 3 is 2.59 bits per heavy atom. The quantitative estimate of drug-likeness (QED) is 0.580. The summed E-state index contributed by atoms with van der Waals surface area (Å²) in [6.07, 6.45) is 0.164. The Labute approximate surface area is 229 Å². The van der Waals surface area contributed by atoms with Gasteiger partial charge in [0.1, 0.15) is 11.4 Å². The maximum absolute atomic E-state index is 13.2. The SMILES string of the molecule is CCNC(=O)Nc1ccc(-c2nc3c(c(N4CCOC[C@@H]4C)n2)CCN(C(=O)OC(C)(C)C)[C@@H]3CC#N)cc1. The number of fused-ring (bicyclic) bond motifs is 1. The Bertz CT molecular complexity index is 1240. The van der Waals surface area contributed by atoms with Crippen molar-refractivity contribution in [1.29, 1.82) is 5.26 Å². The van der Waals surface area contributed by atoms with Crippen LogP contribution in [0.3, 0.4) is 0 Å². The molecule has 39 heavy (non-hydrogen) atoms. The number of hydrogen-bond acceptors (Lipinski definition) is 8. The number of morpholine rings is 1. The molecule has 0 bridgehead atoms. The Kier molecular flexibility index (Phi) is 8.55. The number of nitrogens with one attached hydrogen (secondary N) is 2. The zero-order valence-electron chi connectivity index (χ0n) is 23.3. The van der Waals surface area contributed by atoms with Crippen LogP contribution in [0, 0.1) is 11.3 Å². The minimum Gasteiger partial charge on any atom is -0.444 e. The molecule has 0 spiro atoms. The molecule has 4 rings (SSSR count). The number of aromatic nitrogens is 2. The summed E-state index contributed by atoms with van der Waals surface area (Å²) >= 11 is 0. The molecule has 11 heteroatoms. The zero-order valence-corrected chi connectivity index (χ0v) is 23.3. The van der Waals surface area contributed by atoms with Gasteiger partial charge in [-0.15, -0.1) is 0 Å². The summed E-state index contributed by atoms with van der Waals surface area (Å²) in [5, 5.41) is 15.2. The van der Waals surface area contributed by atoms with E-state index in [0.29, 0.717) is 56.5 Å². The first kappa shape index (κ1) is 28.1. The highest BCUT2D eigenvalue weighted by Crippen LogP contribution is 2.38. The third kappa shape index (κ3) is 6.57. The molecule has 0 aliphatic carbocycles. The van der Waals surface area contributed by atoms with E-state index in [1.807, 2.05) is 39.8 Å². The number of urea groups is 1. The van der Waals surface area contributed by atoms with Crippen molar-refractivity contribution in [3.05, 3.63) is 35.5 Å². The van der Waals surface area contributed by atoms with Crippen LogP contribution in [0.15, 0.2) is 24.3 Å². The summed E-state index contributed by atoms with van der Waals surface area (Å²) in [7, 11) is 0. The van der Waals surface area contributed by atoms with Gasteiger partial charge < -0.3 is 25.0 Å². The van der Waals surface area contributed by atoms with Crippen LogP contribution in [-0.2, 0) is 15.9 Å². The van der Waals surface area contributed by atoms with E-state index < -0.39 is 17.7 Å². The van der Waals surface area contributed by atoms with Gasteiger partial charge in [0.15, 0.2) is 5.82 Å². The van der Waals surface area contributed by atoms with Crippen molar-refractivity contribution in [2.24, 2.45) is 0 Å². The molecular weight excluding hydrogens is 498 g/mol. The van der Waals surface area contributed by atoms with Gasteiger partial charge in [-0.25, -0.2) is 19.6 Å². The van der Waals surface area contributed by atoms with Crippen molar-refractivity contribution in [1.82, 2.24) is 20.2 Å². The Hall–Kier alpha value is -3.91. The number of carbonyl (C=O) groups is 2. The second kappa shape index (κ2) is 11.9. The fraction of sp³-hybridized carbons (Fsp3) is 0.536. The lowest BCUT2D eigenvalue weighted by atomic mass is 9.95. The van der Waals surface area contributed by atoms with Gasteiger partial charge in [0.05, 0.1) is 43.5 Å². The number of carbonyl (C=O) groups excluding carboxylic acids is 2. The zero-order chi connectivity index (χ0) is 28.2. The lowest BCUT2D eigenvalue weighted by Gasteiger charge is -2.40. The first-order valence-corrected chi connectivity index (χ1v) is 13.4. The lowest BCUT2D eigenvalue weighted by molar-refractivity contribution is 0.0140. The predicted molar refractivity (Wildman–Crippen MR) is 147 cm³/mol. The molecule has 3 amide bonds. The second-order valence-electron chi connectivity index (χ2n) is 10.7. The van der Waals surface area contributed by atoms with Crippen molar-refractivity contribution in [3.8, 4) is 17.5 Å². The van der Waals surface area contributed by atoms with Gasteiger partial charge in [0, 0.05) is 36.4 Å². The Morgan fingerprint density at radius 1 is 1.21 bits per heavy atom. The molecule has 2 atom stereocenters. The van der Waals surface area contributed by atoms with Crippen molar-refractivity contribution in [3.63, 3.8) is 0 Å². The van der Waals surface area contributed by atoms with Gasteiger partial charge >= 0.3 is 12.1 Å². The second-order valence-corrected chi connectivity index (χ2v) is 10.7. The number of anilines is 2. The number of benzene rings is 1. The molecule has 1 fully saturated rings. The van der Waals surface area contributed by atoms with Gasteiger partial charge in [-0.1, -0.05) is 0 Å². The van der Waals surface area contributed by atoms with Crippen LogP contribution in [0.1, 0.15) is 58.3 Å². The highest BCUT2D eigenvalue weighted by atomic mass is 16.6. The molecule has 208 valence electrons. The summed E-state index contributed by atoms with van der Waals surface area (Å²) in [6, 6.07) is 8.79. The number of hydrogen-bond donors (Lipinski definition) is 2. The summed E-state index contributed by atoms with van der Waals surface area (Å²) in [5.74, 6) is 1.29. The van der Waals surface area contributed by atoms with Crippen LogP contribution in [0.2, 0.25) is 0 Å². The molecule has 1 aromatic heterocycles. The summed E-state index contributed by atoms with van der Waals surface area (Å²) in [5.41, 5.74) is 2.34. The van der Waals surface area contributed by atoms with Crippen molar-refractivity contribution in [2.75, 3.05) is 43.1 Å². The highest BCUT2D eigenvalue weighted by molar-refractivity contribution is 5.89. The molecular formula is C28H37N7O4. The van der Waals surface area contributed by atoms with E-state index in [0.717, 1.165) is 16.9 Å². The van der Waals surface area contributed by atoms with Crippen LogP contribution < -0.4 is 15.5 Å². The predicted octanol–water partition coefficient (Wildman–Crippen LogP) is 4.26. The molecule has 0 unspecified atom stereocenters. The molecule has 3 heterocycles. The average molecular weight is 536 g/mol. The van der Waals surface area contributed by atoms with Gasteiger partial charge in [0.25, 0.3) is 0 Å². The Balaban J connectivity index is 1.77. The molecule has 2 N–H and O–H groups in total. The standard InChI is InChI=1S/C28H37N7O4/c1-6-30-26(36)31-20-9-7-19(8-10-20)24-32-23-21(25(33-24)34-15-16-38-17-18(34)2)12-14-35(22(23)11-13-29)27(37)39-28(3,4)5/h7-10,18,22H,6,11-12,14-17H2,1-5H3,(H2,30,31,36)/t18-,22+/m0/s1.